The number of carboxylic acids is 1. The van der Waals surface area contributed by atoms with Crippen LogP contribution in [-0.4, -0.2) is 25.3 Å². The smallest absolute Gasteiger partial charge is 0.340 e. The van der Waals surface area contributed by atoms with E-state index in [4.69, 9.17) is 9.47 Å². The van der Waals surface area contributed by atoms with Crippen LogP contribution in [0.1, 0.15) is 34.0 Å². The molecular formula is C22H22O4. The molecule has 0 aromatic heterocycles. The highest BCUT2D eigenvalue weighted by Crippen LogP contribution is 2.36. The molecule has 4 heteroatoms. The second kappa shape index (κ2) is 8.72. The summed E-state index contributed by atoms with van der Waals surface area (Å²) in [6, 6.07) is 11.2. The predicted molar refractivity (Wildman–Crippen MR) is 106 cm³/mol. The molecule has 0 saturated carbocycles. The van der Waals surface area contributed by atoms with E-state index in [-0.39, 0.29) is 11.3 Å². The Balaban J connectivity index is 2.75. The molecule has 0 fully saturated rings. The van der Waals surface area contributed by atoms with Crippen molar-refractivity contribution in [1.29, 1.82) is 0 Å². The summed E-state index contributed by atoms with van der Waals surface area (Å²) in [5, 5.41) is 9.74. The minimum absolute atomic E-state index is 0.0850. The van der Waals surface area contributed by atoms with Crippen LogP contribution >= 0.6 is 0 Å². The van der Waals surface area contributed by atoms with Crippen molar-refractivity contribution < 1.29 is 19.4 Å². The fraction of sp³-hybridized carbons (Fsp3) is 0.136. The molecule has 0 amide bonds. The molecule has 0 atom stereocenters. The SMILES string of the molecule is C=C(C)C=Cc1c(OC)cc(OC)c(C(=O)O)c1C=Cc1ccccc1. The third kappa shape index (κ3) is 4.42. The maximum absolute atomic E-state index is 11.9. The van der Waals surface area contributed by atoms with Gasteiger partial charge in [0, 0.05) is 17.2 Å². The first-order valence-electron chi connectivity index (χ1n) is 8.07. The molecule has 2 aromatic rings. The first-order valence-corrected chi connectivity index (χ1v) is 8.07. The fourth-order valence-electron chi connectivity index (χ4n) is 2.53. The Kier molecular flexibility index (Phi) is 6.39. The zero-order valence-corrected chi connectivity index (χ0v) is 15.2. The molecule has 2 rings (SSSR count). The Morgan fingerprint density at radius 2 is 1.65 bits per heavy atom. The van der Waals surface area contributed by atoms with Gasteiger partial charge in [0.1, 0.15) is 17.1 Å². The molecule has 0 bridgehead atoms. The van der Waals surface area contributed by atoms with Gasteiger partial charge in [-0.1, -0.05) is 66.8 Å². The molecule has 134 valence electrons. The van der Waals surface area contributed by atoms with Gasteiger partial charge in [0.15, 0.2) is 0 Å². The zero-order valence-electron chi connectivity index (χ0n) is 15.2. The van der Waals surface area contributed by atoms with Crippen molar-refractivity contribution in [2.75, 3.05) is 14.2 Å². The number of carbonyl (C=O) groups is 1. The van der Waals surface area contributed by atoms with Gasteiger partial charge >= 0.3 is 5.97 Å². The van der Waals surface area contributed by atoms with E-state index in [1.165, 1.54) is 14.2 Å². The lowest BCUT2D eigenvalue weighted by Gasteiger charge is -2.15. The van der Waals surface area contributed by atoms with E-state index >= 15 is 0 Å². The van der Waals surface area contributed by atoms with E-state index in [0.29, 0.717) is 16.9 Å². The van der Waals surface area contributed by atoms with Crippen LogP contribution in [0.4, 0.5) is 0 Å². The van der Waals surface area contributed by atoms with Gasteiger partial charge in [-0.3, -0.25) is 0 Å². The number of hydrogen-bond acceptors (Lipinski definition) is 3. The molecule has 0 aliphatic carbocycles. The third-order valence-corrected chi connectivity index (χ3v) is 3.76. The number of ether oxygens (including phenoxy) is 2. The molecule has 0 unspecified atom stereocenters. The molecule has 0 aliphatic heterocycles. The quantitative estimate of drug-likeness (QED) is 0.553. The van der Waals surface area contributed by atoms with Crippen molar-refractivity contribution in [1.82, 2.24) is 0 Å². The molecule has 2 aromatic carbocycles. The van der Waals surface area contributed by atoms with Crippen molar-refractivity contribution >= 4 is 24.2 Å². The second-order valence-electron chi connectivity index (χ2n) is 5.71. The summed E-state index contributed by atoms with van der Waals surface area (Å²) in [4.78, 5) is 11.9. The first kappa shape index (κ1) is 19.1. The van der Waals surface area contributed by atoms with E-state index in [1.807, 2.05) is 49.4 Å². The molecule has 0 heterocycles. The summed E-state index contributed by atoms with van der Waals surface area (Å²) in [6.45, 7) is 5.72. The molecular weight excluding hydrogens is 328 g/mol. The highest BCUT2D eigenvalue weighted by atomic mass is 16.5. The van der Waals surface area contributed by atoms with Crippen LogP contribution < -0.4 is 9.47 Å². The van der Waals surface area contributed by atoms with E-state index in [1.54, 1.807) is 18.2 Å². The number of hydrogen-bond donors (Lipinski definition) is 1. The molecule has 1 N–H and O–H groups in total. The predicted octanol–water partition coefficient (Wildman–Crippen LogP) is 5.16. The number of allylic oxidation sites excluding steroid dienone is 2. The number of methoxy groups -OCH3 is 2. The number of carboxylic acid groups (broad SMARTS) is 1. The molecule has 0 spiro atoms. The van der Waals surface area contributed by atoms with Crippen LogP contribution in [0.5, 0.6) is 11.5 Å². The zero-order chi connectivity index (χ0) is 19.1. The van der Waals surface area contributed by atoms with Gasteiger partial charge in [-0.2, -0.15) is 0 Å². The van der Waals surface area contributed by atoms with Crippen LogP contribution in [0.3, 0.4) is 0 Å². The minimum atomic E-state index is -1.07. The molecule has 0 saturated heterocycles. The van der Waals surface area contributed by atoms with Gasteiger partial charge in [0.2, 0.25) is 0 Å². The standard InChI is InChI=1S/C22H22O4/c1-15(2)10-12-17-18(13-11-16-8-6-5-7-9-16)21(22(23)24)20(26-4)14-19(17)25-3/h5-14H,1H2,2-4H3,(H,23,24). The Hall–Kier alpha value is -3.27. The van der Waals surface area contributed by atoms with Crippen LogP contribution in [0, 0.1) is 0 Å². The minimum Gasteiger partial charge on any atom is -0.496 e. The lowest BCUT2D eigenvalue weighted by molar-refractivity contribution is 0.0693. The van der Waals surface area contributed by atoms with Gasteiger partial charge in [-0.15, -0.1) is 0 Å². The molecule has 4 nitrogen and oxygen atoms in total. The Labute approximate surface area is 153 Å². The van der Waals surface area contributed by atoms with E-state index in [0.717, 1.165) is 11.1 Å². The fourth-order valence-corrected chi connectivity index (χ4v) is 2.53. The highest BCUT2D eigenvalue weighted by molar-refractivity contribution is 5.99. The average molecular weight is 350 g/mol. The number of rotatable bonds is 7. The molecule has 26 heavy (non-hydrogen) atoms. The highest BCUT2D eigenvalue weighted by Gasteiger charge is 2.21. The van der Waals surface area contributed by atoms with Crippen LogP contribution in [0.15, 0.2) is 54.6 Å². The van der Waals surface area contributed by atoms with Gasteiger partial charge in [-0.05, 0) is 12.5 Å². The number of aromatic carboxylic acids is 1. The van der Waals surface area contributed by atoms with Crippen molar-refractivity contribution in [3.8, 4) is 11.5 Å². The first-order chi connectivity index (χ1) is 12.5. The largest absolute Gasteiger partial charge is 0.496 e. The van der Waals surface area contributed by atoms with E-state index in [9.17, 15) is 9.90 Å². The summed E-state index contributed by atoms with van der Waals surface area (Å²) in [6.07, 6.45) is 7.24. The van der Waals surface area contributed by atoms with Crippen LogP contribution in [0.2, 0.25) is 0 Å². The molecule has 0 radical (unpaired) electrons. The van der Waals surface area contributed by atoms with E-state index < -0.39 is 5.97 Å². The number of benzene rings is 2. The maximum atomic E-state index is 11.9. The summed E-state index contributed by atoms with van der Waals surface area (Å²) >= 11 is 0. The molecule has 0 aliphatic rings. The topological polar surface area (TPSA) is 55.8 Å². The monoisotopic (exact) mass is 350 g/mol. The Morgan fingerprint density at radius 1 is 1.00 bits per heavy atom. The third-order valence-electron chi connectivity index (χ3n) is 3.76. The van der Waals surface area contributed by atoms with Crippen molar-refractivity contribution in [2.24, 2.45) is 0 Å². The van der Waals surface area contributed by atoms with Crippen molar-refractivity contribution in [3.05, 3.63) is 76.9 Å². The summed E-state index contributed by atoms with van der Waals surface area (Å²) < 4.78 is 10.7. The van der Waals surface area contributed by atoms with E-state index in [2.05, 4.69) is 6.58 Å². The summed E-state index contributed by atoms with van der Waals surface area (Å²) in [5.41, 5.74) is 3.05. The summed E-state index contributed by atoms with van der Waals surface area (Å²) in [5.74, 6) is -0.297. The maximum Gasteiger partial charge on any atom is 0.340 e. The van der Waals surface area contributed by atoms with Gasteiger partial charge in [0.25, 0.3) is 0 Å². The summed E-state index contributed by atoms with van der Waals surface area (Å²) in [7, 11) is 2.98. The second-order valence-corrected chi connectivity index (χ2v) is 5.71. The normalized spacial score (nSPS) is 11.0. The van der Waals surface area contributed by atoms with Crippen molar-refractivity contribution in [2.45, 2.75) is 6.92 Å². The van der Waals surface area contributed by atoms with Crippen LogP contribution in [0.25, 0.3) is 18.2 Å². The van der Waals surface area contributed by atoms with Gasteiger partial charge in [-0.25, -0.2) is 4.79 Å². The van der Waals surface area contributed by atoms with Crippen LogP contribution in [-0.2, 0) is 0 Å². The Bertz CT molecular complexity index is 861. The lowest BCUT2D eigenvalue weighted by atomic mass is 9.96. The Morgan fingerprint density at radius 3 is 2.19 bits per heavy atom. The van der Waals surface area contributed by atoms with Crippen molar-refractivity contribution in [3.63, 3.8) is 0 Å². The van der Waals surface area contributed by atoms with Gasteiger partial charge < -0.3 is 14.6 Å². The average Bonchev–Trinajstić information content (AvgIpc) is 2.64. The van der Waals surface area contributed by atoms with Gasteiger partial charge in [0.05, 0.1) is 14.2 Å². The lowest BCUT2D eigenvalue weighted by Crippen LogP contribution is -2.06.